The fourth-order valence-corrected chi connectivity index (χ4v) is 2.19. The predicted octanol–water partition coefficient (Wildman–Crippen LogP) is 2.25. The number of hydrogen-bond donors (Lipinski definition) is 1. The van der Waals surface area contributed by atoms with Crippen molar-refractivity contribution in [1.82, 2.24) is 4.90 Å². The monoisotopic (exact) mass is 253 g/mol. The maximum atomic E-state index is 12.3. The molecule has 17 heavy (non-hydrogen) atoms. The molecule has 0 spiro atoms. The normalized spacial score (nSPS) is 14.8. The van der Waals surface area contributed by atoms with Gasteiger partial charge in [0.25, 0.3) is 5.91 Å². The molecule has 1 aliphatic carbocycles. The first kappa shape index (κ1) is 12.4. The van der Waals surface area contributed by atoms with Gasteiger partial charge in [-0.1, -0.05) is 11.6 Å². The third-order valence-electron chi connectivity index (χ3n) is 3.01. The summed E-state index contributed by atoms with van der Waals surface area (Å²) in [5, 5.41) is 9.65. The molecular formula is C13H16ClNO2. The van der Waals surface area contributed by atoms with Crippen molar-refractivity contribution in [3.8, 4) is 0 Å². The Morgan fingerprint density at radius 2 is 2.24 bits per heavy atom. The van der Waals surface area contributed by atoms with Crippen LogP contribution in [-0.2, 0) is 0 Å². The summed E-state index contributed by atoms with van der Waals surface area (Å²) in [6.07, 6.45) is 2.08. The van der Waals surface area contributed by atoms with Crippen LogP contribution in [0.2, 0.25) is 5.02 Å². The van der Waals surface area contributed by atoms with Gasteiger partial charge in [0.1, 0.15) is 0 Å². The molecule has 3 nitrogen and oxygen atoms in total. The van der Waals surface area contributed by atoms with Crippen LogP contribution in [0, 0.1) is 6.92 Å². The summed E-state index contributed by atoms with van der Waals surface area (Å²) in [5.41, 5.74) is 1.56. The lowest BCUT2D eigenvalue weighted by Crippen LogP contribution is -2.35. The third-order valence-corrected chi connectivity index (χ3v) is 3.24. The highest BCUT2D eigenvalue weighted by atomic mass is 35.5. The van der Waals surface area contributed by atoms with E-state index in [0.29, 0.717) is 23.2 Å². The average Bonchev–Trinajstić information content (AvgIpc) is 3.09. The van der Waals surface area contributed by atoms with Gasteiger partial charge < -0.3 is 10.0 Å². The van der Waals surface area contributed by atoms with Crippen molar-refractivity contribution in [2.75, 3.05) is 13.2 Å². The summed E-state index contributed by atoms with van der Waals surface area (Å²) in [6.45, 7) is 2.30. The summed E-state index contributed by atoms with van der Waals surface area (Å²) < 4.78 is 0. The molecule has 1 amide bonds. The Balaban J connectivity index is 2.22. The van der Waals surface area contributed by atoms with Crippen molar-refractivity contribution < 1.29 is 9.90 Å². The van der Waals surface area contributed by atoms with Crippen LogP contribution >= 0.6 is 11.6 Å². The third kappa shape index (κ3) is 2.79. The summed E-state index contributed by atoms with van der Waals surface area (Å²) in [7, 11) is 0. The van der Waals surface area contributed by atoms with Gasteiger partial charge in [-0.05, 0) is 43.5 Å². The quantitative estimate of drug-likeness (QED) is 0.894. The van der Waals surface area contributed by atoms with Gasteiger partial charge in [0, 0.05) is 23.2 Å². The molecule has 0 radical (unpaired) electrons. The van der Waals surface area contributed by atoms with Crippen LogP contribution in [0.25, 0.3) is 0 Å². The van der Waals surface area contributed by atoms with Gasteiger partial charge in [-0.3, -0.25) is 4.79 Å². The van der Waals surface area contributed by atoms with Crippen molar-refractivity contribution in [1.29, 1.82) is 0 Å². The Morgan fingerprint density at radius 3 is 2.76 bits per heavy atom. The number of aliphatic hydroxyl groups excluding tert-OH is 1. The molecule has 0 unspecified atom stereocenters. The fraction of sp³-hybridized carbons (Fsp3) is 0.462. The second kappa shape index (κ2) is 5.07. The molecular weight excluding hydrogens is 238 g/mol. The highest BCUT2D eigenvalue weighted by Crippen LogP contribution is 2.28. The van der Waals surface area contributed by atoms with E-state index in [0.717, 1.165) is 18.4 Å². The molecule has 1 aromatic carbocycles. The van der Waals surface area contributed by atoms with E-state index in [-0.39, 0.29) is 12.5 Å². The molecule has 0 heterocycles. The average molecular weight is 254 g/mol. The number of benzene rings is 1. The summed E-state index contributed by atoms with van der Waals surface area (Å²) in [6, 6.07) is 5.59. The van der Waals surface area contributed by atoms with Crippen LogP contribution in [-0.4, -0.2) is 35.1 Å². The zero-order valence-electron chi connectivity index (χ0n) is 9.82. The highest BCUT2D eigenvalue weighted by Gasteiger charge is 2.32. The van der Waals surface area contributed by atoms with Crippen LogP contribution in [0.15, 0.2) is 18.2 Å². The minimum atomic E-state index is -0.00397. The second-order valence-corrected chi connectivity index (χ2v) is 4.85. The van der Waals surface area contributed by atoms with Crippen molar-refractivity contribution in [2.24, 2.45) is 0 Å². The minimum absolute atomic E-state index is 0.00397. The summed E-state index contributed by atoms with van der Waals surface area (Å²) in [5.74, 6) is -0.00397. The molecule has 2 rings (SSSR count). The maximum absolute atomic E-state index is 12.3. The lowest BCUT2D eigenvalue weighted by atomic mass is 10.1. The van der Waals surface area contributed by atoms with Crippen molar-refractivity contribution in [2.45, 2.75) is 25.8 Å². The molecule has 0 bridgehead atoms. The Kier molecular flexibility index (Phi) is 3.69. The maximum Gasteiger partial charge on any atom is 0.254 e. The van der Waals surface area contributed by atoms with E-state index >= 15 is 0 Å². The number of hydrogen-bond acceptors (Lipinski definition) is 2. The number of nitrogens with zero attached hydrogens (tertiary/aromatic N) is 1. The van der Waals surface area contributed by atoms with Crippen LogP contribution in [0.4, 0.5) is 0 Å². The molecule has 1 saturated carbocycles. The van der Waals surface area contributed by atoms with E-state index in [2.05, 4.69) is 0 Å². The number of aliphatic hydroxyl groups is 1. The van der Waals surface area contributed by atoms with Gasteiger partial charge in [0.15, 0.2) is 0 Å². The largest absolute Gasteiger partial charge is 0.395 e. The Morgan fingerprint density at radius 1 is 1.53 bits per heavy atom. The Hall–Kier alpha value is -1.06. The van der Waals surface area contributed by atoms with Crippen LogP contribution < -0.4 is 0 Å². The Labute approximate surface area is 106 Å². The number of halogens is 1. The smallest absolute Gasteiger partial charge is 0.254 e. The SMILES string of the molecule is Cc1cc(Cl)ccc1C(=O)N(CCO)C1CC1. The summed E-state index contributed by atoms with van der Waals surface area (Å²) >= 11 is 5.87. The predicted molar refractivity (Wildman–Crippen MR) is 67.3 cm³/mol. The lowest BCUT2D eigenvalue weighted by Gasteiger charge is -2.22. The van der Waals surface area contributed by atoms with E-state index in [9.17, 15) is 4.79 Å². The molecule has 1 aliphatic rings. The zero-order chi connectivity index (χ0) is 12.4. The first-order valence-electron chi connectivity index (χ1n) is 5.81. The molecule has 1 N–H and O–H groups in total. The first-order valence-corrected chi connectivity index (χ1v) is 6.19. The van der Waals surface area contributed by atoms with E-state index in [4.69, 9.17) is 16.7 Å². The van der Waals surface area contributed by atoms with Crippen LogP contribution in [0.5, 0.6) is 0 Å². The van der Waals surface area contributed by atoms with Crippen LogP contribution in [0.1, 0.15) is 28.8 Å². The molecule has 0 saturated heterocycles. The minimum Gasteiger partial charge on any atom is -0.395 e. The molecule has 0 aromatic heterocycles. The van der Waals surface area contributed by atoms with E-state index in [1.54, 1.807) is 23.1 Å². The standard InChI is InChI=1S/C13H16ClNO2/c1-9-8-10(14)2-5-12(9)13(17)15(6-7-16)11-3-4-11/h2,5,8,11,16H,3-4,6-7H2,1H3. The number of amides is 1. The molecule has 4 heteroatoms. The second-order valence-electron chi connectivity index (χ2n) is 4.41. The Bertz CT molecular complexity index is 429. The van der Waals surface area contributed by atoms with Crippen molar-refractivity contribution >= 4 is 17.5 Å². The topological polar surface area (TPSA) is 40.5 Å². The first-order chi connectivity index (χ1) is 8.13. The molecule has 0 aliphatic heterocycles. The number of rotatable bonds is 4. The van der Waals surface area contributed by atoms with Gasteiger partial charge >= 0.3 is 0 Å². The van der Waals surface area contributed by atoms with Gasteiger partial charge in [-0.15, -0.1) is 0 Å². The van der Waals surface area contributed by atoms with Gasteiger partial charge in [0.2, 0.25) is 0 Å². The van der Waals surface area contributed by atoms with E-state index in [1.165, 1.54) is 0 Å². The fourth-order valence-electron chi connectivity index (χ4n) is 1.97. The highest BCUT2D eigenvalue weighted by molar-refractivity contribution is 6.30. The number of aryl methyl sites for hydroxylation is 1. The van der Waals surface area contributed by atoms with E-state index in [1.807, 2.05) is 6.92 Å². The number of carbonyl (C=O) groups excluding carboxylic acids is 1. The van der Waals surface area contributed by atoms with Gasteiger partial charge in [-0.2, -0.15) is 0 Å². The lowest BCUT2D eigenvalue weighted by molar-refractivity contribution is 0.0707. The molecule has 1 aromatic rings. The number of carbonyl (C=O) groups is 1. The molecule has 92 valence electrons. The van der Waals surface area contributed by atoms with Crippen molar-refractivity contribution in [3.05, 3.63) is 34.3 Å². The molecule has 0 atom stereocenters. The van der Waals surface area contributed by atoms with Gasteiger partial charge in [-0.25, -0.2) is 0 Å². The zero-order valence-corrected chi connectivity index (χ0v) is 10.6. The van der Waals surface area contributed by atoms with Crippen molar-refractivity contribution in [3.63, 3.8) is 0 Å². The van der Waals surface area contributed by atoms with E-state index < -0.39 is 0 Å². The molecule has 1 fully saturated rings. The van der Waals surface area contributed by atoms with Gasteiger partial charge in [0.05, 0.1) is 6.61 Å². The summed E-state index contributed by atoms with van der Waals surface area (Å²) in [4.78, 5) is 14.1. The van der Waals surface area contributed by atoms with Crippen LogP contribution in [0.3, 0.4) is 0 Å².